The number of benzene rings is 2. The zero-order valence-corrected chi connectivity index (χ0v) is 18.6. The number of hydrogen-bond donors (Lipinski definition) is 1. The Morgan fingerprint density at radius 3 is 2.58 bits per heavy atom. The fourth-order valence-corrected chi connectivity index (χ4v) is 3.56. The number of aryl methyl sites for hydroxylation is 2. The Kier molecular flexibility index (Phi) is 5.69. The number of ether oxygens (including phenoxy) is 1. The summed E-state index contributed by atoms with van der Waals surface area (Å²) in [5.41, 5.74) is 3.50. The molecule has 2 aromatic carbocycles. The van der Waals surface area contributed by atoms with Crippen LogP contribution >= 0.6 is 11.6 Å². The summed E-state index contributed by atoms with van der Waals surface area (Å²) in [7, 11) is 1.79. The lowest BCUT2D eigenvalue weighted by atomic mass is 10.2. The molecule has 0 saturated heterocycles. The van der Waals surface area contributed by atoms with E-state index in [0.29, 0.717) is 28.7 Å². The van der Waals surface area contributed by atoms with Crippen LogP contribution in [0.1, 0.15) is 25.0 Å². The zero-order chi connectivity index (χ0) is 22.1. The van der Waals surface area contributed by atoms with Gasteiger partial charge in [-0.05, 0) is 62.2 Å². The minimum atomic E-state index is -0.332. The molecule has 0 unspecified atom stereocenters. The van der Waals surface area contributed by atoms with E-state index in [1.54, 1.807) is 17.9 Å². The predicted octanol–water partition coefficient (Wildman–Crippen LogP) is 4.67. The van der Waals surface area contributed by atoms with Crippen LogP contribution in [0.2, 0.25) is 5.02 Å². The molecule has 4 rings (SSSR count). The van der Waals surface area contributed by atoms with Crippen LogP contribution < -0.4 is 15.6 Å². The molecule has 8 heteroatoms. The standard InChI is InChI=1S/C23H24ClN5O2/c1-14(2)31-19-10-9-18(11-15(19)3)26-23-27-22(30)20-21(25-13-28(20)4)29(23)12-16-5-7-17(24)8-6-16/h5-11,13-14H,12H2,1-4H3,(H,26,27,30). The molecule has 2 heterocycles. The largest absolute Gasteiger partial charge is 0.491 e. The number of rotatable bonds is 6. The van der Waals surface area contributed by atoms with Crippen LogP contribution in [0.4, 0.5) is 11.6 Å². The van der Waals surface area contributed by atoms with Crippen molar-refractivity contribution in [3.8, 4) is 5.75 Å². The molecular formula is C23H24ClN5O2. The maximum absolute atomic E-state index is 12.7. The van der Waals surface area contributed by atoms with E-state index >= 15 is 0 Å². The third-order valence-electron chi connectivity index (χ3n) is 4.89. The molecule has 0 radical (unpaired) electrons. The van der Waals surface area contributed by atoms with Gasteiger partial charge in [-0.25, -0.2) is 4.98 Å². The lowest BCUT2D eigenvalue weighted by molar-refractivity contribution is 0.241. The minimum Gasteiger partial charge on any atom is -0.491 e. The normalized spacial score (nSPS) is 11.3. The third kappa shape index (κ3) is 4.41. The zero-order valence-electron chi connectivity index (χ0n) is 17.9. The van der Waals surface area contributed by atoms with Crippen molar-refractivity contribution < 1.29 is 4.74 Å². The van der Waals surface area contributed by atoms with Gasteiger partial charge in [0.2, 0.25) is 5.95 Å². The Hall–Kier alpha value is -3.32. The lowest BCUT2D eigenvalue weighted by Crippen LogP contribution is -2.19. The second-order valence-electron chi connectivity index (χ2n) is 7.75. The van der Waals surface area contributed by atoms with Crippen LogP contribution in [0.15, 0.2) is 53.6 Å². The Morgan fingerprint density at radius 2 is 1.90 bits per heavy atom. The summed E-state index contributed by atoms with van der Waals surface area (Å²) in [6, 6.07) is 13.4. The van der Waals surface area contributed by atoms with Crippen molar-refractivity contribution in [2.45, 2.75) is 33.4 Å². The van der Waals surface area contributed by atoms with Crippen molar-refractivity contribution in [3.63, 3.8) is 0 Å². The number of halogens is 1. The first kappa shape index (κ1) is 20.9. The first-order valence-electron chi connectivity index (χ1n) is 10.0. The van der Waals surface area contributed by atoms with Gasteiger partial charge in [0.1, 0.15) is 5.75 Å². The Bertz CT molecular complexity index is 1290. The number of nitrogens with one attached hydrogen (secondary N) is 1. The number of imidazole rings is 1. The van der Waals surface area contributed by atoms with E-state index in [1.807, 2.05) is 67.8 Å². The van der Waals surface area contributed by atoms with E-state index in [2.05, 4.69) is 15.3 Å². The maximum Gasteiger partial charge on any atom is 0.300 e. The second kappa shape index (κ2) is 8.43. The number of aromatic nitrogens is 4. The van der Waals surface area contributed by atoms with Crippen LogP contribution in [0.3, 0.4) is 0 Å². The van der Waals surface area contributed by atoms with Crippen LogP contribution in [0.25, 0.3) is 11.2 Å². The quantitative estimate of drug-likeness (QED) is 0.474. The summed E-state index contributed by atoms with van der Waals surface area (Å²) in [6.07, 6.45) is 1.72. The first-order valence-corrected chi connectivity index (χ1v) is 10.4. The molecule has 0 spiro atoms. The van der Waals surface area contributed by atoms with Gasteiger partial charge >= 0.3 is 5.56 Å². The van der Waals surface area contributed by atoms with Gasteiger partial charge in [-0.15, -0.1) is 0 Å². The average Bonchev–Trinajstić information content (AvgIpc) is 3.10. The number of anilines is 2. The highest BCUT2D eigenvalue weighted by atomic mass is 35.5. The summed E-state index contributed by atoms with van der Waals surface area (Å²) < 4.78 is 9.41. The van der Waals surface area contributed by atoms with E-state index in [1.165, 1.54) is 0 Å². The molecule has 4 aromatic rings. The van der Waals surface area contributed by atoms with Gasteiger partial charge in [-0.2, -0.15) is 4.98 Å². The molecule has 7 nitrogen and oxygen atoms in total. The topological polar surface area (TPSA) is 74.0 Å². The molecule has 0 bridgehead atoms. The highest BCUT2D eigenvalue weighted by Crippen LogP contribution is 2.26. The molecule has 0 fully saturated rings. The van der Waals surface area contributed by atoms with Gasteiger partial charge in [-0.3, -0.25) is 9.36 Å². The predicted molar refractivity (Wildman–Crippen MR) is 124 cm³/mol. The van der Waals surface area contributed by atoms with Crippen LogP contribution in [0.5, 0.6) is 5.75 Å². The third-order valence-corrected chi connectivity index (χ3v) is 5.14. The molecule has 160 valence electrons. The Balaban J connectivity index is 1.77. The van der Waals surface area contributed by atoms with Gasteiger partial charge in [0.25, 0.3) is 0 Å². The van der Waals surface area contributed by atoms with Crippen molar-refractivity contribution in [2.24, 2.45) is 7.05 Å². The fraction of sp³-hybridized carbons (Fsp3) is 0.261. The van der Waals surface area contributed by atoms with Crippen LogP contribution in [0, 0.1) is 6.92 Å². The van der Waals surface area contributed by atoms with Crippen molar-refractivity contribution in [1.82, 2.24) is 19.1 Å². The monoisotopic (exact) mass is 437 g/mol. The molecule has 0 atom stereocenters. The molecule has 31 heavy (non-hydrogen) atoms. The van der Waals surface area contributed by atoms with E-state index in [4.69, 9.17) is 16.3 Å². The minimum absolute atomic E-state index is 0.0929. The maximum atomic E-state index is 12.7. The molecule has 0 saturated carbocycles. The van der Waals surface area contributed by atoms with Crippen molar-refractivity contribution in [2.75, 3.05) is 5.32 Å². The number of hydrogen-bond acceptors (Lipinski definition) is 5. The summed E-state index contributed by atoms with van der Waals surface area (Å²) >= 11 is 6.03. The molecule has 2 aromatic heterocycles. The Labute approximate surface area is 185 Å². The van der Waals surface area contributed by atoms with Gasteiger partial charge in [0, 0.05) is 17.8 Å². The van der Waals surface area contributed by atoms with Crippen molar-refractivity contribution in [3.05, 3.63) is 75.3 Å². The van der Waals surface area contributed by atoms with Gasteiger partial charge in [0.15, 0.2) is 11.2 Å². The van der Waals surface area contributed by atoms with Crippen LogP contribution in [-0.4, -0.2) is 25.2 Å². The molecule has 0 aliphatic rings. The Morgan fingerprint density at radius 1 is 1.16 bits per heavy atom. The van der Waals surface area contributed by atoms with Crippen molar-refractivity contribution >= 4 is 34.4 Å². The van der Waals surface area contributed by atoms with Gasteiger partial charge in [0.05, 0.1) is 19.0 Å². The summed E-state index contributed by atoms with van der Waals surface area (Å²) in [5, 5.41) is 3.96. The summed E-state index contributed by atoms with van der Waals surface area (Å²) in [4.78, 5) is 21.5. The molecule has 0 aliphatic heterocycles. The molecule has 1 N–H and O–H groups in total. The van der Waals surface area contributed by atoms with Gasteiger partial charge < -0.3 is 14.6 Å². The highest BCUT2D eigenvalue weighted by molar-refractivity contribution is 6.30. The molecular weight excluding hydrogens is 414 g/mol. The van der Waals surface area contributed by atoms with E-state index in [0.717, 1.165) is 22.6 Å². The van der Waals surface area contributed by atoms with Crippen LogP contribution in [-0.2, 0) is 13.6 Å². The first-order chi connectivity index (χ1) is 14.8. The van der Waals surface area contributed by atoms with E-state index < -0.39 is 0 Å². The average molecular weight is 438 g/mol. The van der Waals surface area contributed by atoms with E-state index in [9.17, 15) is 4.79 Å². The molecule has 0 aliphatic carbocycles. The van der Waals surface area contributed by atoms with Gasteiger partial charge in [-0.1, -0.05) is 23.7 Å². The fourth-order valence-electron chi connectivity index (χ4n) is 3.43. The highest BCUT2D eigenvalue weighted by Gasteiger charge is 2.16. The van der Waals surface area contributed by atoms with Crippen molar-refractivity contribution in [1.29, 1.82) is 0 Å². The van der Waals surface area contributed by atoms with E-state index in [-0.39, 0.29) is 11.7 Å². The smallest absolute Gasteiger partial charge is 0.300 e. The second-order valence-corrected chi connectivity index (χ2v) is 8.19. The molecule has 0 amide bonds. The lowest BCUT2D eigenvalue weighted by Gasteiger charge is -2.17. The number of nitrogens with zero attached hydrogens (tertiary/aromatic N) is 4. The number of fused-ring (bicyclic) bond motifs is 1. The summed E-state index contributed by atoms with van der Waals surface area (Å²) in [6.45, 7) is 6.45. The summed E-state index contributed by atoms with van der Waals surface area (Å²) in [5.74, 6) is 1.25. The SMILES string of the molecule is Cc1cc(Nc2nc(=O)c3c(ncn3C)n2Cc2ccc(Cl)cc2)ccc1OC(C)C.